The summed E-state index contributed by atoms with van der Waals surface area (Å²) >= 11 is 0. The number of hydrogen-bond acceptors (Lipinski definition) is 2. The predicted molar refractivity (Wildman–Crippen MR) is 74.4 cm³/mol. The van der Waals surface area contributed by atoms with Gasteiger partial charge in [0.2, 0.25) is 0 Å². The lowest BCUT2D eigenvalue weighted by molar-refractivity contribution is 0.470. The number of rotatable bonds is 6. The molecule has 0 saturated carbocycles. The fourth-order valence-corrected chi connectivity index (χ4v) is 2.29. The van der Waals surface area contributed by atoms with Gasteiger partial charge in [0.1, 0.15) is 0 Å². The van der Waals surface area contributed by atoms with Crippen LogP contribution < -0.4 is 5.32 Å². The zero-order valence-electron chi connectivity index (χ0n) is 11.7. The van der Waals surface area contributed by atoms with Crippen LogP contribution in [0.25, 0.3) is 0 Å². The molecule has 0 radical (unpaired) electrons. The average Bonchev–Trinajstić information content (AvgIpc) is 2.85. The normalized spacial score (nSPS) is 12.6. The van der Waals surface area contributed by atoms with Crippen molar-refractivity contribution in [3.8, 4) is 0 Å². The van der Waals surface area contributed by atoms with Gasteiger partial charge in [-0.1, -0.05) is 12.1 Å². The smallest absolute Gasteiger partial charge is 0.162 e. The molecule has 0 fully saturated rings. The topological polar surface area (TPSA) is 29.9 Å². The highest BCUT2D eigenvalue weighted by Crippen LogP contribution is 2.15. The van der Waals surface area contributed by atoms with Crippen LogP contribution in [0, 0.1) is 11.6 Å². The summed E-state index contributed by atoms with van der Waals surface area (Å²) in [6.07, 6.45) is 3.92. The first-order valence-electron chi connectivity index (χ1n) is 6.69. The fourth-order valence-electron chi connectivity index (χ4n) is 2.29. The highest BCUT2D eigenvalue weighted by molar-refractivity contribution is 5.20. The van der Waals surface area contributed by atoms with E-state index in [0.29, 0.717) is 12.0 Å². The molecule has 1 unspecified atom stereocenters. The molecule has 5 heteroatoms. The number of halogens is 2. The number of benzene rings is 1. The molecule has 0 amide bonds. The Labute approximate surface area is 117 Å². The van der Waals surface area contributed by atoms with Crippen LogP contribution in [0.4, 0.5) is 8.78 Å². The average molecular weight is 279 g/mol. The Kier molecular flexibility index (Phi) is 4.84. The third-order valence-electron chi connectivity index (χ3n) is 3.58. The number of nitrogens with one attached hydrogen (secondary N) is 1. The summed E-state index contributed by atoms with van der Waals surface area (Å²) < 4.78 is 28.7. The second kappa shape index (κ2) is 6.61. The van der Waals surface area contributed by atoms with Crippen LogP contribution >= 0.6 is 0 Å². The molecule has 0 aliphatic heterocycles. The van der Waals surface area contributed by atoms with E-state index in [1.165, 1.54) is 0 Å². The highest BCUT2D eigenvalue weighted by atomic mass is 19.2. The van der Waals surface area contributed by atoms with Crippen LogP contribution in [-0.2, 0) is 19.9 Å². The van der Waals surface area contributed by atoms with Crippen molar-refractivity contribution >= 4 is 0 Å². The monoisotopic (exact) mass is 279 g/mol. The molecular weight excluding hydrogens is 260 g/mol. The second-order valence-corrected chi connectivity index (χ2v) is 4.89. The van der Waals surface area contributed by atoms with Gasteiger partial charge >= 0.3 is 0 Å². The Morgan fingerprint density at radius 2 is 2.10 bits per heavy atom. The van der Waals surface area contributed by atoms with Crippen molar-refractivity contribution in [1.82, 2.24) is 15.1 Å². The van der Waals surface area contributed by atoms with Gasteiger partial charge in [0.15, 0.2) is 11.6 Å². The minimum atomic E-state index is -0.788. The van der Waals surface area contributed by atoms with Crippen molar-refractivity contribution in [2.45, 2.75) is 25.3 Å². The van der Waals surface area contributed by atoms with E-state index in [1.54, 1.807) is 18.3 Å². The van der Waals surface area contributed by atoms with Gasteiger partial charge in [-0.2, -0.15) is 5.10 Å². The van der Waals surface area contributed by atoms with E-state index >= 15 is 0 Å². The van der Waals surface area contributed by atoms with Crippen LogP contribution in [0.2, 0.25) is 0 Å². The van der Waals surface area contributed by atoms with Gasteiger partial charge in [0.05, 0.1) is 0 Å². The number of likely N-dealkylation sites (N-methyl/N-ethyl adjacent to an activating group) is 1. The van der Waals surface area contributed by atoms with Gasteiger partial charge in [0, 0.05) is 25.0 Å². The van der Waals surface area contributed by atoms with Crippen LogP contribution in [0.5, 0.6) is 0 Å². The largest absolute Gasteiger partial charge is 0.317 e. The Morgan fingerprint density at radius 3 is 2.75 bits per heavy atom. The predicted octanol–water partition coefficient (Wildman–Crippen LogP) is 2.46. The van der Waals surface area contributed by atoms with Crippen LogP contribution in [-0.4, -0.2) is 22.9 Å². The van der Waals surface area contributed by atoms with E-state index in [-0.39, 0.29) is 6.04 Å². The fraction of sp³-hybridized carbons (Fsp3) is 0.400. The maximum atomic E-state index is 13.7. The highest BCUT2D eigenvalue weighted by Gasteiger charge is 2.14. The Hall–Kier alpha value is -1.75. The van der Waals surface area contributed by atoms with Crippen molar-refractivity contribution in [3.05, 3.63) is 53.4 Å². The van der Waals surface area contributed by atoms with Crippen molar-refractivity contribution in [3.63, 3.8) is 0 Å². The molecule has 0 aliphatic carbocycles. The van der Waals surface area contributed by atoms with Gasteiger partial charge in [-0.25, -0.2) is 8.78 Å². The van der Waals surface area contributed by atoms with Crippen LogP contribution in [0.15, 0.2) is 30.5 Å². The quantitative estimate of drug-likeness (QED) is 0.880. The third kappa shape index (κ3) is 3.42. The summed E-state index contributed by atoms with van der Waals surface area (Å²) in [4.78, 5) is 0. The van der Waals surface area contributed by atoms with Gasteiger partial charge in [-0.15, -0.1) is 0 Å². The van der Waals surface area contributed by atoms with E-state index < -0.39 is 11.6 Å². The second-order valence-electron chi connectivity index (χ2n) is 4.89. The molecule has 20 heavy (non-hydrogen) atoms. The molecule has 1 heterocycles. The van der Waals surface area contributed by atoms with E-state index in [4.69, 9.17) is 0 Å². The number of aromatic nitrogens is 2. The molecule has 0 spiro atoms. The van der Waals surface area contributed by atoms with Crippen LogP contribution in [0.3, 0.4) is 0 Å². The van der Waals surface area contributed by atoms with E-state index in [9.17, 15) is 8.78 Å². The zero-order chi connectivity index (χ0) is 14.5. The summed E-state index contributed by atoms with van der Waals surface area (Å²) in [6.45, 7) is 0. The molecule has 108 valence electrons. The first-order valence-corrected chi connectivity index (χ1v) is 6.69. The summed E-state index contributed by atoms with van der Waals surface area (Å²) in [6, 6.07) is 6.38. The van der Waals surface area contributed by atoms with Gasteiger partial charge < -0.3 is 5.32 Å². The lowest BCUT2D eigenvalue weighted by Gasteiger charge is -2.16. The molecule has 1 aromatic carbocycles. The molecular formula is C15H19F2N3. The summed E-state index contributed by atoms with van der Waals surface area (Å²) in [7, 11) is 3.74. The molecule has 2 aromatic rings. The first-order chi connectivity index (χ1) is 9.61. The minimum Gasteiger partial charge on any atom is -0.317 e. The molecule has 1 N–H and O–H groups in total. The van der Waals surface area contributed by atoms with Crippen molar-refractivity contribution < 1.29 is 8.78 Å². The molecule has 0 aliphatic rings. The molecule has 2 rings (SSSR count). The lowest BCUT2D eigenvalue weighted by Crippen LogP contribution is -2.29. The van der Waals surface area contributed by atoms with E-state index in [0.717, 1.165) is 24.6 Å². The molecule has 1 aromatic heterocycles. The van der Waals surface area contributed by atoms with Gasteiger partial charge in [-0.05, 0) is 44.0 Å². The van der Waals surface area contributed by atoms with Gasteiger partial charge in [-0.3, -0.25) is 4.68 Å². The maximum absolute atomic E-state index is 13.7. The Bertz CT molecular complexity index is 566. The Balaban J connectivity index is 1.99. The molecule has 1 atom stereocenters. The lowest BCUT2D eigenvalue weighted by atomic mass is 10.0. The molecule has 0 saturated heterocycles. The Morgan fingerprint density at radius 1 is 1.30 bits per heavy atom. The number of nitrogens with zero attached hydrogens (tertiary/aromatic N) is 2. The van der Waals surface area contributed by atoms with E-state index in [2.05, 4.69) is 10.4 Å². The van der Waals surface area contributed by atoms with Crippen LogP contribution in [0.1, 0.15) is 17.7 Å². The van der Waals surface area contributed by atoms with Gasteiger partial charge in [0.25, 0.3) is 0 Å². The van der Waals surface area contributed by atoms with E-state index in [1.807, 2.05) is 24.8 Å². The SMILES string of the molecule is CNC(CCc1ccnn1C)Cc1cccc(F)c1F. The summed E-state index contributed by atoms with van der Waals surface area (Å²) in [5.74, 6) is -1.53. The molecule has 3 nitrogen and oxygen atoms in total. The van der Waals surface area contributed by atoms with Crippen molar-refractivity contribution in [1.29, 1.82) is 0 Å². The summed E-state index contributed by atoms with van der Waals surface area (Å²) in [5.41, 5.74) is 1.54. The van der Waals surface area contributed by atoms with Crippen molar-refractivity contribution in [2.75, 3.05) is 7.05 Å². The third-order valence-corrected chi connectivity index (χ3v) is 3.58. The molecule has 0 bridgehead atoms. The first kappa shape index (κ1) is 14.7. The maximum Gasteiger partial charge on any atom is 0.162 e. The standard InChI is InChI=1S/C15H19F2N3/c1-18-12(6-7-13-8-9-19-20(13)2)10-11-4-3-5-14(16)15(11)17/h3-5,8-9,12,18H,6-7,10H2,1-2H3. The number of aryl methyl sites for hydroxylation is 2. The zero-order valence-corrected chi connectivity index (χ0v) is 11.7. The minimum absolute atomic E-state index is 0.0983. The number of hydrogen-bond donors (Lipinski definition) is 1. The summed E-state index contributed by atoms with van der Waals surface area (Å²) in [5, 5.41) is 7.28. The van der Waals surface area contributed by atoms with Crippen molar-refractivity contribution in [2.24, 2.45) is 7.05 Å².